The van der Waals surface area contributed by atoms with E-state index in [1.807, 2.05) is 4.90 Å². The molecule has 1 aromatic rings. The van der Waals surface area contributed by atoms with Gasteiger partial charge in [0.2, 0.25) is 0 Å². The molecule has 0 aliphatic carbocycles. The van der Waals surface area contributed by atoms with Crippen LogP contribution < -0.4 is 4.90 Å². The van der Waals surface area contributed by atoms with Gasteiger partial charge in [-0.15, -0.1) is 0 Å². The topological polar surface area (TPSA) is 41.5 Å². The summed E-state index contributed by atoms with van der Waals surface area (Å²) in [4.78, 5) is 12.3. The molecule has 2 aliphatic rings. The van der Waals surface area contributed by atoms with Gasteiger partial charge in [0.25, 0.3) is 0 Å². The third-order valence-electron chi connectivity index (χ3n) is 3.97. The summed E-state index contributed by atoms with van der Waals surface area (Å²) < 4.78 is 19.0. The zero-order chi connectivity index (χ0) is 13.1. The normalized spacial score (nSPS) is 22.7. The number of anilines is 1. The summed E-state index contributed by atoms with van der Waals surface area (Å²) >= 11 is 0. The average molecular weight is 266 g/mol. The summed E-state index contributed by atoms with van der Waals surface area (Å²) in [5, 5.41) is 0. The first-order valence-corrected chi connectivity index (χ1v) is 6.87. The van der Waals surface area contributed by atoms with Gasteiger partial charge in [0.05, 0.1) is 19.4 Å². The number of hydrogen-bond acceptors (Lipinski definition) is 5. The van der Waals surface area contributed by atoms with E-state index in [0.717, 1.165) is 52.2 Å². The first-order valence-electron chi connectivity index (χ1n) is 6.87. The molecule has 0 radical (unpaired) electrons. The van der Waals surface area contributed by atoms with E-state index < -0.39 is 0 Å². The Bertz CT molecular complexity index is 417. The fraction of sp³-hybridized carbons (Fsp3) is 0.692. The zero-order valence-electron chi connectivity index (χ0n) is 11.0. The van der Waals surface area contributed by atoms with Gasteiger partial charge in [0.1, 0.15) is 6.33 Å². The molecule has 3 heterocycles. The van der Waals surface area contributed by atoms with Crippen molar-refractivity contribution in [2.45, 2.75) is 18.9 Å². The molecule has 6 heteroatoms. The second-order valence-corrected chi connectivity index (χ2v) is 5.06. The molecule has 2 fully saturated rings. The van der Waals surface area contributed by atoms with E-state index in [2.05, 4.69) is 14.9 Å². The van der Waals surface area contributed by atoms with Gasteiger partial charge in [-0.05, 0) is 12.8 Å². The van der Waals surface area contributed by atoms with Crippen molar-refractivity contribution in [2.24, 2.45) is 0 Å². The van der Waals surface area contributed by atoms with E-state index in [1.54, 1.807) is 0 Å². The summed E-state index contributed by atoms with van der Waals surface area (Å²) in [5.41, 5.74) is 0. The Morgan fingerprint density at radius 1 is 1.16 bits per heavy atom. The highest BCUT2D eigenvalue weighted by Gasteiger charge is 2.27. The Labute approximate surface area is 112 Å². The number of ether oxygens (including phenoxy) is 1. The molecule has 2 aliphatic heterocycles. The largest absolute Gasteiger partial charge is 0.379 e. The van der Waals surface area contributed by atoms with Crippen molar-refractivity contribution in [1.82, 2.24) is 14.9 Å². The van der Waals surface area contributed by atoms with Gasteiger partial charge in [-0.1, -0.05) is 0 Å². The zero-order valence-corrected chi connectivity index (χ0v) is 11.0. The van der Waals surface area contributed by atoms with Crippen LogP contribution in [0.3, 0.4) is 0 Å². The summed E-state index contributed by atoms with van der Waals surface area (Å²) in [7, 11) is 0. The second-order valence-electron chi connectivity index (χ2n) is 5.06. The number of rotatable bonds is 2. The maximum atomic E-state index is 13.6. The highest BCUT2D eigenvalue weighted by atomic mass is 19.1. The lowest BCUT2D eigenvalue weighted by Crippen LogP contribution is -2.49. The van der Waals surface area contributed by atoms with Crippen LogP contribution >= 0.6 is 0 Å². The fourth-order valence-corrected chi connectivity index (χ4v) is 2.92. The number of halogens is 1. The molecule has 1 aromatic heterocycles. The van der Waals surface area contributed by atoms with Crippen LogP contribution in [-0.2, 0) is 4.74 Å². The first kappa shape index (κ1) is 12.7. The van der Waals surface area contributed by atoms with E-state index in [4.69, 9.17) is 4.74 Å². The van der Waals surface area contributed by atoms with Crippen LogP contribution in [0.2, 0.25) is 0 Å². The Morgan fingerprint density at radius 2 is 1.89 bits per heavy atom. The molecule has 2 saturated heterocycles. The fourth-order valence-electron chi connectivity index (χ4n) is 2.92. The molecule has 0 amide bonds. The third kappa shape index (κ3) is 2.84. The first-order chi connectivity index (χ1) is 9.34. The van der Waals surface area contributed by atoms with Crippen molar-refractivity contribution in [1.29, 1.82) is 0 Å². The Hall–Kier alpha value is -1.27. The van der Waals surface area contributed by atoms with E-state index in [0.29, 0.717) is 11.9 Å². The Morgan fingerprint density at radius 3 is 2.58 bits per heavy atom. The van der Waals surface area contributed by atoms with Crippen LogP contribution in [-0.4, -0.2) is 60.3 Å². The Balaban J connectivity index is 1.58. The van der Waals surface area contributed by atoms with Crippen molar-refractivity contribution in [3.05, 3.63) is 18.3 Å². The van der Waals surface area contributed by atoms with E-state index in [9.17, 15) is 4.39 Å². The van der Waals surface area contributed by atoms with Gasteiger partial charge in [-0.3, -0.25) is 4.90 Å². The monoisotopic (exact) mass is 266 g/mol. The Kier molecular flexibility index (Phi) is 3.89. The minimum absolute atomic E-state index is 0.327. The maximum absolute atomic E-state index is 13.6. The van der Waals surface area contributed by atoms with Crippen molar-refractivity contribution in [3.8, 4) is 0 Å². The van der Waals surface area contributed by atoms with Crippen molar-refractivity contribution >= 4 is 5.82 Å². The van der Waals surface area contributed by atoms with Crippen molar-refractivity contribution < 1.29 is 9.13 Å². The molecule has 0 bridgehead atoms. The molecule has 0 saturated carbocycles. The molecule has 104 valence electrons. The molecule has 0 N–H and O–H groups in total. The molecule has 0 atom stereocenters. The van der Waals surface area contributed by atoms with Crippen LogP contribution in [0.25, 0.3) is 0 Å². The highest BCUT2D eigenvalue weighted by molar-refractivity contribution is 5.38. The summed E-state index contributed by atoms with van der Waals surface area (Å²) in [5.74, 6) is 0.114. The molecule has 0 unspecified atom stereocenters. The molecular formula is C13H19FN4O. The van der Waals surface area contributed by atoms with Gasteiger partial charge in [-0.2, -0.15) is 0 Å². The van der Waals surface area contributed by atoms with E-state index in [-0.39, 0.29) is 5.82 Å². The third-order valence-corrected chi connectivity index (χ3v) is 3.97. The molecule has 19 heavy (non-hydrogen) atoms. The van der Waals surface area contributed by atoms with Crippen LogP contribution in [0, 0.1) is 5.82 Å². The highest BCUT2D eigenvalue weighted by Crippen LogP contribution is 2.23. The molecule has 5 nitrogen and oxygen atoms in total. The molecular weight excluding hydrogens is 247 g/mol. The maximum Gasteiger partial charge on any atom is 0.183 e. The summed E-state index contributed by atoms with van der Waals surface area (Å²) in [6.45, 7) is 5.42. The summed E-state index contributed by atoms with van der Waals surface area (Å²) in [6.07, 6.45) is 4.76. The number of piperidine rings is 1. The van der Waals surface area contributed by atoms with Gasteiger partial charge in [0.15, 0.2) is 11.6 Å². The van der Waals surface area contributed by atoms with E-state index in [1.165, 1.54) is 12.5 Å². The van der Waals surface area contributed by atoms with Crippen molar-refractivity contribution in [2.75, 3.05) is 44.3 Å². The predicted molar refractivity (Wildman–Crippen MR) is 69.6 cm³/mol. The van der Waals surface area contributed by atoms with Crippen molar-refractivity contribution in [3.63, 3.8) is 0 Å². The lowest BCUT2D eigenvalue weighted by molar-refractivity contribution is 0.0114. The standard InChI is InChI=1S/C13H19FN4O/c14-12-9-15-10-16-13(12)18-3-1-11(2-4-18)17-5-7-19-8-6-17/h9-11H,1-8H2. The SMILES string of the molecule is Fc1cncnc1N1CCC(N2CCOCC2)CC1. The van der Waals surface area contributed by atoms with Crippen LogP contribution in [0.5, 0.6) is 0 Å². The van der Waals surface area contributed by atoms with Gasteiger partial charge in [0, 0.05) is 32.2 Å². The van der Waals surface area contributed by atoms with E-state index >= 15 is 0 Å². The van der Waals surface area contributed by atoms with Gasteiger partial charge in [-0.25, -0.2) is 14.4 Å². The quantitative estimate of drug-likeness (QED) is 0.796. The molecule has 3 rings (SSSR count). The average Bonchev–Trinajstić information content (AvgIpc) is 2.49. The smallest absolute Gasteiger partial charge is 0.183 e. The predicted octanol–water partition coefficient (Wildman–Crippen LogP) is 0.917. The van der Waals surface area contributed by atoms with Crippen LogP contribution in [0.4, 0.5) is 10.2 Å². The number of hydrogen-bond donors (Lipinski definition) is 0. The minimum Gasteiger partial charge on any atom is -0.379 e. The number of aromatic nitrogens is 2. The lowest BCUT2D eigenvalue weighted by atomic mass is 10.0. The molecule has 0 aromatic carbocycles. The molecule has 0 spiro atoms. The number of morpholine rings is 1. The van der Waals surface area contributed by atoms with Gasteiger partial charge < -0.3 is 9.64 Å². The minimum atomic E-state index is -0.327. The van der Waals surface area contributed by atoms with Crippen LogP contribution in [0.15, 0.2) is 12.5 Å². The lowest BCUT2D eigenvalue weighted by Gasteiger charge is -2.40. The summed E-state index contributed by atoms with van der Waals surface area (Å²) in [6, 6.07) is 0.602. The van der Waals surface area contributed by atoms with Crippen LogP contribution in [0.1, 0.15) is 12.8 Å². The van der Waals surface area contributed by atoms with Gasteiger partial charge >= 0.3 is 0 Å². The second kappa shape index (κ2) is 5.79. The number of nitrogens with zero attached hydrogens (tertiary/aromatic N) is 4.